The maximum Gasteiger partial charge on any atom is 0.433 e. The highest BCUT2D eigenvalue weighted by atomic mass is 19.4. The minimum atomic E-state index is -4.56. The fourth-order valence-corrected chi connectivity index (χ4v) is 3.02. The summed E-state index contributed by atoms with van der Waals surface area (Å²) in [6.45, 7) is 0. The number of para-hydroxylation sites is 1. The number of hydrogen-bond donors (Lipinski definition) is 0. The molecule has 0 aliphatic carbocycles. The number of aromatic nitrogens is 4. The Labute approximate surface area is 150 Å². The van der Waals surface area contributed by atoms with Gasteiger partial charge in [0.25, 0.3) is 5.56 Å². The summed E-state index contributed by atoms with van der Waals surface area (Å²) in [4.78, 5) is 16.0. The Morgan fingerprint density at radius 3 is 2.63 bits per heavy atom. The number of rotatable bonds is 2. The van der Waals surface area contributed by atoms with Crippen LogP contribution in [0.3, 0.4) is 0 Å². The van der Waals surface area contributed by atoms with E-state index in [2.05, 4.69) is 10.1 Å². The number of pyridine rings is 1. The molecule has 4 aromatic rings. The van der Waals surface area contributed by atoms with Gasteiger partial charge in [-0.15, -0.1) is 0 Å². The average Bonchev–Trinajstić information content (AvgIpc) is 3.10. The lowest BCUT2D eigenvalue weighted by atomic mass is 10.1. The molecule has 0 spiro atoms. The van der Waals surface area contributed by atoms with Crippen LogP contribution in [0.2, 0.25) is 0 Å². The fraction of sp³-hybridized carbons (Fsp3) is 0.167. The number of benzene rings is 1. The molecule has 0 amide bonds. The maximum absolute atomic E-state index is 13.0. The van der Waals surface area contributed by atoms with Gasteiger partial charge in [-0.3, -0.25) is 14.3 Å². The third-order valence-electron chi connectivity index (χ3n) is 4.35. The van der Waals surface area contributed by atoms with Crippen LogP contribution >= 0.6 is 0 Å². The SMILES string of the molecule is COc1cccc2c(=O)n(C)c3cc(-c4ccnc(C(F)(F)F)c4)nn3c12. The molecule has 0 aliphatic heterocycles. The molecular weight excluding hydrogens is 361 g/mol. The summed E-state index contributed by atoms with van der Waals surface area (Å²) in [6.07, 6.45) is -3.47. The van der Waals surface area contributed by atoms with Gasteiger partial charge in [0.15, 0.2) is 0 Å². The quantitative estimate of drug-likeness (QED) is 0.540. The summed E-state index contributed by atoms with van der Waals surface area (Å²) in [6, 6.07) is 8.96. The van der Waals surface area contributed by atoms with Gasteiger partial charge in [0.2, 0.25) is 0 Å². The van der Waals surface area contributed by atoms with Crippen LogP contribution in [0, 0.1) is 0 Å². The van der Waals surface area contributed by atoms with Crippen molar-refractivity contribution < 1.29 is 17.9 Å². The zero-order chi connectivity index (χ0) is 19.3. The highest BCUT2D eigenvalue weighted by Gasteiger charge is 2.32. The van der Waals surface area contributed by atoms with Crippen LogP contribution in [0.25, 0.3) is 27.8 Å². The highest BCUT2D eigenvalue weighted by Crippen LogP contribution is 2.31. The molecule has 138 valence electrons. The number of methoxy groups -OCH3 is 1. The Morgan fingerprint density at radius 2 is 1.93 bits per heavy atom. The molecule has 4 rings (SSSR count). The smallest absolute Gasteiger partial charge is 0.433 e. The Kier molecular flexibility index (Phi) is 3.69. The molecule has 0 N–H and O–H groups in total. The van der Waals surface area contributed by atoms with E-state index in [0.29, 0.717) is 22.3 Å². The lowest BCUT2D eigenvalue weighted by Gasteiger charge is -2.09. The van der Waals surface area contributed by atoms with Gasteiger partial charge in [0.05, 0.1) is 18.2 Å². The van der Waals surface area contributed by atoms with Crippen molar-refractivity contribution in [3.8, 4) is 17.0 Å². The topological polar surface area (TPSA) is 61.4 Å². The van der Waals surface area contributed by atoms with Crippen LogP contribution in [0.4, 0.5) is 13.2 Å². The van der Waals surface area contributed by atoms with Gasteiger partial charge in [-0.1, -0.05) is 6.07 Å². The van der Waals surface area contributed by atoms with Crippen molar-refractivity contribution in [2.75, 3.05) is 7.11 Å². The van der Waals surface area contributed by atoms with Crippen molar-refractivity contribution in [3.05, 3.63) is 58.6 Å². The van der Waals surface area contributed by atoms with Crippen LogP contribution in [-0.2, 0) is 13.2 Å². The molecule has 0 radical (unpaired) electrons. The lowest BCUT2D eigenvalue weighted by molar-refractivity contribution is -0.141. The Balaban J connectivity index is 2.05. The minimum absolute atomic E-state index is 0.247. The summed E-state index contributed by atoms with van der Waals surface area (Å²) >= 11 is 0. The molecule has 0 unspecified atom stereocenters. The third-order valence-corrected chi connectivity index (χ3v) is 4.35. The molecule has 0 saturated heterocycles. The largest absolute Gasteiger partial charge is 0.494 e. The van der Waals surface area contributed by atoms with Crippen molar-refractivity contribution >= 4 is 16.6 Å². The number of ether oxygens (including phenoxy) is 1. The van der Waals surface area contributed by atoms with Crippen molar-refractivity contribution in [2.24, 2.45) is 7.05 Å². The number of aryl methyl sites for hydroxylation is 1. The molecule has 3 heterocycles. The summed E-state index contributed by atoms with van der Waals surface area (Å²) in [5.74, 6) is 0.440. The van der Waals surface area contributed by atoms with E-state index in [1.807, 2.05) is 0 Å². The van der Waals surface area contributed by atoms with E-state index in [-0.39, 0.29) is 16.8 Å². The summed E-state index contributed by atoms with van der Waals surface area (Å²) in [5, 5.41) is 4.82. The number of halogens is 3. The van der Waals surface area contributed by atoms with Crippen LogP contribution < -0.4 is 10.3 Å². The molecule has 9 heteroatoms. The zero-order valence-corrected chi connectivity index (χ0v) is 14.3. The van der Waals surface area contributed by atoms with E-state index in [4.69, 9.17) is 4.74 Å². The Hall–Kier alpha value is -3.36. The minimum Gasteiger partial charge on any atom is -0.494 e. The maximum atomic E-state index is 13.0. The monoisotopic (exact) mass is 374 g/mol. The number of alkyl halides is 3. The first-order chi connectivity index (χ1) is 12.8. The third kappa shape index (κ3) is 2.62. The molecule has 0 bridgehead atoms. The molecule has 3 aromatic heterocycles. The lowest BCUT2D eigenvalue weighted by Crippen LogP contribution is -2.20. The predicted octanol–water partition coefficient (Wildman–Crippen LogP) is 3.28. The van der Waals surface area contributed by atoms with Crippen LogP contribution in [0.15, 0.2) is 47.4 Å². The van der Waals surface area contributed by atoms with Gasteiger partial charge in [0.1, 0.15) is 22.6 Å². The van der Waals surface area contributed by atoms with Gasteiger partial charge in [-0.2, -0.15) is 18.3 Å². The first-order valence-corrected chi connectivity index (χ1v) is 7.90. The predicted molar refractivity (Wildman–Crippen MR) is 92.7 cm³/mol. The van der Waals surface area contributed by atoms with E-state index in [0.717, 1.165) is 12.3 Å². The molecule has 1 aromatic carbocycles. The van der Waals surface area contributed by atoms with Crippen molar-refractivity contribution in [1.29, 1.82) is 0 Å². The van der Waals surface area contributed by atoms with E-state index in [1.165, 1.54) is 22.3 Å². The summed E-state index contributed by atoms with van der Waals surface area (Å²) in [7, 11) is 3.05. The van der Waals surface area contributed by atoms with Gasteiger partial charge in [0, 0.05) is 24.9 Å². The molecule has 0 aliphatic rings. The van der Waals surface area contributed by atoms with Crippen molar-refractivity contribution in [1.82, 2.24) is 19.2 Å². The molecule has 27 heavy (non-hydrogen) atoms. The van der Waals surface area contributed by atoms with E-state index in [1.54, 1.807) is 31.3 Å². The highest BCUT2D eigenvalue weighted by molar-refractivity contribution is 5.86. The standard InChI is InChI=1S/C18H13F3N4O2/c1-24-15-9-12(10-6-7-22-14(8-10)18(19,20)21)23-25(15)16-11(17(24)26)4-3-5-13(16)27-2/h3-9H,1-2H3. The van der Waals surface area contributed by atoms with Crippen molar-refractivity contribution in [3.63, 3.8) is 0 Å². The second-order valence-electron chi connectivity index (χ2n) is 5.95. The van der Waals surface area contributed by atoms with E-state index >= 15 is 0 Å². The second-order valence-corrected chi connectivity index (χ2v) is 5.95. The molecule has 0 saturated carbocycles. The number of nitrogens with zero attached hydrogens (tertiary/aromatic N) is 4. The fourth-order valence-electron chi connectivity index (χ4n) is 3.02. The van der Waals surface area contributed by atoms with Crippen LogP contribution in [-0.4, -0.2) is 26.3 Å². The Morgan fingerprint density at radius 1 is 1.15 bits per heavy atom. The number of fused-ring (bicyclic) bond motifs is 3. The van der Waals surface area contributed by atoms with Gasteiger partial charge in [-0.05, 0) is 24.3 Å². The molecule has 6 nitrogen and oxygen atoms in total. The van der Waals surface area contributed by atoms with Crippen LogP contribution in [0.5, 0.6) is 5.75 Å². The normalized spacial score (nSPS) is 12.0. The number of hydrogen-bond acceptors (Lipinski definition) is 4. The zero-order valence-electron chi connectivity index (χ0n) is 14.3. The molecule has 0 fully saturated rings. The second kappa shape index (κ2) is 5.83. The molecule has 0 atom stereocenters. The average molecular weight is 374 g/mol. The summed E-state index contributed by atoms with van der Waals surface area (Å²) in [5.41, 5.74) is 0.154. The first kappa shape index (κ1) is 17.1. The molecular formula is C18H13F3N4O2. The van der Waals surface area contributed by atoms with Crippen molar-refractivity contribution in [2.45, 2.75) is 6.18 Å². The van der Waals surface area contributed by atoms with Gasteiger partial charge >= 0.3 is 6.18 Å². The van der Waals surface area contributed by atoms with E-state index in [9.17, 15) is 18.0 Å². The Bertz CT molecular complexity index is 1240. The summed E-state index contributed by atoms with van der Waals surface area (Å²) < 4.78 is 47.1. The first-order valence-electron chi connectivity index (χ1n) is 7.90. The van der Waals surface area contributed by atoms with E-state index < -0.39 is 11.9 Å². The van der Waals surface area contributed by atoms with Crippen LogP contribution in [0.1, 0.15) is 5.69 Å². The van der Waals surface area contributed by atoms with Gasteiger partial charge < -0.3 is 4.74 Å². The van der Waals surface area contributed by atoms with Gasteiger partial charge in [-0.25, -0.2) is 4.52 Å².